The van der Waals surface area contributed by atoms with Crippen LogP contribution in [0.25, 0.3) is 0 Å². The summed E-state index contributed by atoms with van der Waals surface area (Å²) in [7, 11) is 0. The Morgan fingerprint density at radius 3 is 2.18 bits per heavy atom. The van der Waals surface area contributed by atoms with Gasteiger partial charge in [-0.2, -0.15) is 0 Å². The number of nitrogens with one attached hydrogen (secondary N) is 1. The third-order valence-electron chi connectivity index (χ3n) is 5.10. The molecule has 2 atom stereocenters. The first-order chi connectivity index (χ1) is 10.4. The number of ketones is 1. The molecule has 1 aliphatic heterocycles. The zero-order valence-electron chi connectivity index (χ0n) is 14.5. The summed E-state index contributed by atoms with van der Waals surface area (Å²) in [5, 5.41) is 3.08. The zero-order chi connectivity index (χ0) is 16.2. The van der Waals surface area contributed by atoms with Crippen molar-refractivity contribution in [3.8, 4) is 0 Å². The Bertz CT molecular complexity index is 394. The second-order valence-corrected chi connectivity index (χ2v) is 7.95. The van der Waals surface area contributed by atoms with Gasteiger partial charge in [-0.3, -0.25) is 9.59 Å². The first kappa shape index (κ1) is 17.5. The van der Waals surface area contributed by atoms with Crippen molar-refractivity contribution in [2.45, 2.75) is 59.3 Å². The highest BCUT2D eigenvalue weighted by Gasteiger charge is 2.39. The minimum absolute atomic E-state index is 0.0828. The van der Waals surface area contributed by atoms with Crippen molar-refractivity contribution in [2.75, 3.05) is 26.2 Å². The lowest BCUT2D eigenvalue weighted by Gasteiger charge is -2.33. The SMILES string of the molecule is CC(C)(C)C(=O)[C@H]1CCCC[C@H]1C(=O)NCCN1CCCC1. The molecule has 22 heavy (non-hydrogen) atoms. The summed E-state index contributed by atoms with van der Waals surface area (Å²) < 4.78 is 0. The second kappa shape index (κ2) is 7.58. The smallest absolute Gasteiger partial charge is 0.223 e. The van der Waals surface area contributed by atoms with Crippen molar-refractivity contribution in [1.29, 1.82) is 0 Å². The summed E-state index contributed by atoms with van der Waals surface area (Å²) in [5.41, 5.74) is -0.351. The highest BCUT2D eigenvalue weighted by Crippen LogP contribution is 2.35. The van der Waals surface area contributed by atoms with Crippen LogP contribution in [-0.2, 0) is 9.59 Å². The van der Waals surface area contributed by atoms with E-state index in [1.165, 1.54) is 12.8 Å². The van der Waals surface area contributed by atoms with Crippen molar-refractivity contribution in [2.24, 2.45) is 17.3 Å². The molecule has 0 radical (unpaired) electrons. The Morgan fingerprint density at radius 1 is 1.00 bits per heavy atom. The molecule has 2 rings (SSSR count). The molecule has 0 spiro atoms. The molecule has 1 saturated carbocycles. The van der Waals surface area contributed by atoms with Gasteiger partial charge in [0.05, 0.1) is 0 Å². The van der Waals surface area contributed by atoms with Crippen molar-refractivity contribution in [3.05, 3.63) is 0 Å². The molecule has 0 aromatic rings. The van der Waals surface area contributed by atoms with E-state index in [9.17, 15) is 9.59 Å². The average molecular weight is 308 g/mol. The molecule has 0 aromatic carbocycles. The molecule has 1 saturated heterocycles. The number of hydrogen-bond acceptors (Lipinski definition) is 3. The number of Topliss-reactive ketones (excluding diaryl/α,β-unsaturated/α-hetero) is 1. The first-order valence-corrected chi connectivity index (χ1v) is 8.94. The molecule has 126 valence electrons. The van der Waals surface area contributed by atoms with E-state index in [1.807, 2.05) is 20.8 Å². The summed E-state index contributed by atoms with van der Waals surface area (Å²) in [4.78, 5) is 27.6. The van der Waals surface area contributed by atoms with E-state index in [1.54, 1.807) is 0 Å². The Hall–Kier alpha value is -0.900. The van der Waals surface area contributed by atoms with Crippen LogP contribution < -0.4 is 5.32 Å². The van der Waals surface area contributed by atoms with Crippen molar-refractivity contribution < 1.29 is 9.59 Å². The van der Waals surface area contributed by atoms with Crippen molar-refractivity contribution in [1.82, 2.24) is 10.2 Å². The van der Waals surface area contributed by atoms with E-state index in [0.717, 1.165) is 45.3 Å². The van der Waals surface area contributed by atoms with Crippen LogP contribution in [0.5, 0.6) is 0 Å². The van der Waals surface area contributed by atoms with Crippen LogP contribution >= 0.6 is 0 Å². The van der Waals surface area contributed by atoms with Gasteiger partial charge in [0.15, 0.2) is 0 Å². The van der Waals surface area contributed by atoms with Crippen LogP contribution in [0.3, 0.4) is 0 Å². The molecule has 1 amide bonds. The number of carbonyl (C=O) groups excluding carboxylic acids is 2. The fourth-order valence-corrected chi connectivity index (χ4v) is 3.79. The summed E-state index contributed by atoms with van der Waals surface area (Å²) in [6.07, 6.45) is 6.43. The van der Waals surface area contributed by atoms with Gasteiger partial charge < -0.3 is 10.2 Å². The fourth-order valence-electron chi connectivity index (χ4n) is 3.79. The summed E-state index contributed by atoms with van der Waals surface area (Å²) >= 11 is 0. The Balaban J connectivity index is 1.86. The van der Waals surface area contributed by atoms with Gasteiger partial charge in [0.25, 0.3) is 0 Å². The van der Waals surface area contributed by atoms with E-state index in [4.69, 9.17) is 0 Å². The fraction of sp³-hybridized carbons (Fsp3) is 0.889. The third-order valence-corrected chi connectivity index (χ3v) is 5.10. The van der Waals surface area contributed by atoms with Crippen LogP contribution in [0, 0.1) is 17.3 Å². The highest BCUT2D eigenvalue weighted by atomic mass is 16.2. The maximum atomic E-state index is 12.6. The maximum Gasteiger partial charge on any atom is 0.223 e. The van der Waals surface area contributed by atoms with Gasteiger partial charge in [-0.15, -0.1) is 0 Å². The van der Waals surface area contributed by atoms with Crippen LogP contribution in [0.4, 0.5) is 0 Å². The summed E-state index contributed by atoms with van der Waals surface area (Å²) in [6, 6.07) is 0. The van der Waals surface area contributed by atoms with Gasteiger partial charge in [0.1, 0.15) is 5.78 Å². The molecule has 0 aromatic heterocycles. The average Bonchev–Trinajstić information content (AvgIpc) is 2.98. The molecule has 2 aliphatic rings. The lowest BCUT2D eigenvalue weighted by atomic mass is 9.70. The van der Waals surface area contributed by atoms with E-state index in [0.29, 0.717) is 6.54 Å². The molecule has 1 heterocycles. The molecule has 4 nitrogen and oxygen atoms in total. The quantitative estimate of drug-likeness (QED) is 0.849. The largest absolute Gasteiger partial charge is 0.355 e. The monoisotopic (exact) mass is 308 g/mol. The van der Waals surface area contributed by atoms with Crippen LogP contribution in [0.2, 0.25) is 0 Å². The van der Waals surface area contributed by atoms with E-state index in [-0.39, 0.29) is 28.9 Å². The van der Waals surface area contributed by atoms with Crippen molar-refractivity contribution in [3.63, 3.8) is 0 Å². The van der Waals surface area contributed by atoms with Gasteiger partial charge in [0, 0.05) is 30.3 Å². The van der Waals surface area contributed by atoms with Gasteiger partial charge in [-0.05, 0) is 38.8 Å². The van der Waals surface area contributed by atoms with Crippen molar-refractivity contribution >= 4 is 11.7 Å². The number of nitrogens with zero attached hydrogens (tertiary/aromatic N) is 1. The Labute approximate surface area is 135 Å². The minimum Gasteiger partial charge on any atom is -0.355 e. The van der Waals surface area contributed by atoms with Crippen LogP contribution in [-0.4, -0.2) is 42.8 Å². The Kier molecular flexibility index (Phi) is 6.01. The molecule has 0 bridgehead atoms. The van der Waals surface area contributed by atoms with E-state index >= 15 is 0 Å². The predicted molar refractivity (Wildman–Crippen MR) is 88.6 cm³/mol. The lowest BCUT2D eigenvalue weighted by molar-refractivity contribution is -0.139. The van der Waals surface area contributed by atoms with Gasteiger partial charge in [-0.1, -0.05) is 33.6 Å². The third kappa shape index (κ3) is 4.55. The standard InChI is InChI=1S/C18H32N2O2/c1-18(2,3)16(21)14-8-4-5-9-15(14)17(22)19-10-13-20-11-6-7-12-20/h14-15H,4-13H2,1-3H3,(H,19,22)/t14-,15+/m0/s1. The number of carbonyl (C=O) groups is 2. The minimum atomic E-state index is -0.351. The van der Waals surface area contributed by atoms with Gasteiger partial charge in [-0.25, -0.2) is 0 Å². The van der Waals surface area contributed by atoms with Gasteiger partial charge in [0.2, 0.25) is 5.91 Å². The highest BCUT2D eigenvalue weighted by molar-refractivity contribution is 5.91. The number of hydrogen-bond donors (Lipinski definition) is 1. The van der Waals surface area contributed by atoms with Crippen LogP contribution in [0.1, 0.15) is 59.3 Å². The zero-order valence-corrected chi connectivity index (χ0v) is 14.5. The molecule has 4 heteroatoms. The topological polar surface area (TPSA) is 49.4 Å². The first-order valence-electron chi connectivity index (χ1n) is 8.94. The number of rotatable bonds is 5. The summed E-state index contributed by atoms with van der Waals surface area (Å²) in [6.45, 7) is 9.86. The summed E-state index contributed by atoms with van der Waals surface area (Å²) in [5.74, 6) is 0.160. The lowest BCUT2D eigenvalue weighted by Crippen LogP contribution is -2.44. The molecular formula is C18H32N2O2. The molecule has 1 N–H and O–H groups in total. The normalized spacial score (nSPS) is 26.9. The number of amides is 1. The Morgan fingerprint density at radius 2 is 1.59 bits per heavy atom. The maximum absolute atomic E-state index is 12.6. The molecule has 1 aliphatic carbocycles. The molecular weight excluding hydrogens is 276 g/mol. The molecule has 0 unspecified atom stereocenters. The second-order valence-electron chi connectivity index (χ2n) is 7.95. The number of likely N-dealkylation sites (tertiary alicyclic amines) is 1. The van der Waals surface area contributed by atoms with E-state index in [2.05, 4.69) is 10.2 Å². The predicted octanol–water partition coefficient (Wildman–Crippen LogP) is 2.62. The van der Waals surface area contributed by atoms with Gasteiger partial charge >= 0.3 is 0 Å². The van der Waals surface area contributed by atoms with Crippen LogP contribution in [0.15, 0.2) is 0 Å². The van der Waals surface area contributed by atoms with E-state index < -0.39 is 0 Å². The molecule has 2 fully saturated rings.